The highest BCUT2D eigenvalue weighted by atomic mass is 16.5. The van der Waals surface area contributed by atoms with Crippen molar-refractivity contribution in [2.45, 2.75) is 6.92 Å². The fourth-order valence-electron chi connectivity index (χ4n) is 2.28. The highest BCUT2D eigenvalue weighted by Crippen LogP contribution is 2.29. The number of benzene rings is 3. The first-order valence-electron chi connectivity index (χ1n) is 7.67. The normalized spacial score (nSPS) is 10.0. The van der Waals surface area contributed by atoms with Gasteiger partial charge in [-0.1, -0.05) is 42.5 Å². The molecule has 0 unspecified atom stereocenters. The van der Waals surface area contributed by atoms with Crippen LogP contribution in [0, 0.1) is 6.92 Å². The number of para-hydroxylation sites is 3. The Kier molecular flexibility index (Phi) is 4.77. The lowest BCUT2D eigenvalue weighted by Crippen LogP contribution is -2.19. The molecular weight excluding hydrogens is 300 g/mol. The van der Waals surface area contributed by atoms with Crippen LogP contribution in [0.1, 0.15) is 5.56 Å². The second kappa shape index (κ2) is 7.33. The van der Waals surface area contributed by atoms with Crippen LogP contribution in [-0.2, 0) is 0 Å². The Hall–Kier alpha value is -3.27. The summed E-state index contributed by atoms with van der Waals surface area (Å²) in [4.78, 5) is 12.2. The van der Waals surface area contributed by atoms with Gasteiger partial charge < -0.3 is 15.4 Å². The van der Waals surface area contributed by atoms with Crippen LogP contribution in [0.4, 0.5) is 16.2 Å². The van der Waals surface area contributed by atoms with Crippen LogP contribution in [0.3, 0.4) is 0 Å². The first-order valence-corrected chi connectivity index (χ1v) is 7.67. The van der Waals surface area contributed by atoms with Crippen LogP contribution in [0.15, 0.2) is 78.9 Å². The van der Waals surface area contributed by atoms with E-state index in [0.717, 1.165) is 11.3 Å². The van der Waals surface area contributed by atoms with Crippen LogP contribution >= 0.6 is 0 Å². The third-order valence-electron chi connectivity index (χ3n) is 3.38. The van der Waals surface area contributed by atoms with Crippen molar-refractivity contribution >= 4 is 17.4 Å². The number of carbonyl (C=O) groups is 1. The van der Waals surface area contributed by atoms with E-state index < -0.39 is 0 Å². The molecule has 0 aliphatic rings. The number of anilines is 2. The van der Waals surface area contributed by atoms with E-state index in [-0.39, 0.29) is 6.03 Å². The van der Waals surface area contributed by atoms with Crippen molar-refractivity contribution in [1.29, 1.82) is 0 Å². The minimum atomic E-state index is -0.315. The van der Waals surface area contributed by atoms with E-state index in [2.05, 4.69) is 10.6 Å². The van der Waals surface area contributed by atoms with Gasteiger partial charge in [-0.05, 0) is 48.9 Å². The average molecular weight is 318 g/mol. The zero-order valence-electron chi connectivity index (χ0n) is 13.3. The molecule has 2 N–H and O–H groups in total. The van der Waals surface area contributed by atoms with Gasteiger partial charge in [-0.25, -0.2) is 4.79 Å². The van der Waals surface area contributed by atoms with Crippen molar-refractivity contribution in [2.24, 2.45) is 0 Å². The number of nitrogens with one attached hydrogen (secondary N) is 2. The maximum absolute atomic E-state index is 12.2. The van der Waals surface area contributed by atoms with E-state index in [4.69, 9.17) is 4.74 Å². The number of urea groups is 1. The Labute approximate surface area is 141 Å². The van der Waals surface area contributed by atoms with Crippen molar-refractivity contribution in [2.75, 3.05) is 10.6 Å². The number of hydrogen-bond acceptors (Lipinski definition) is 2. The second-order valence-corrected chi connectivity index (χ2v) is 5.36. The molecule has 3 aromatic rings. The lowest BCUT2D eigenvalue weighted by Gasteiger charge is -2.13. The van der Waals surface area contributed by atoms with Crippen LogP contribution in [0.2, 0.25) is 0 Å². The molecule has 0 aliphatic heterocycles. The quantitative estimate of drug-likeness (QED) is 0.673. The highest BCUT2D eigenvalue weighted by molar-refractivity contribution is 6.00. The molecule has 3 aromatic carbocycles. The van der Waals surface area contributed by atoms with Gasteiger partial charge in [0.1, 0.15) is 5.75 Å². The molecule has 4 nitrogen and oxygen atoms in total. The van der Waals surface area contributed by atoms with Crippen LogP contribution in [0.5, 0.6) is 11.5 Å². The molecule has 0 radical (unpaired) electrons. The minimum Gasteiger partial charge on any atom is -0.455 e. The van der Waals surface area contributed by atoms with E-state index in [1.165, 1.54) is 0 Å². The smallest absolute Gasteiger partial charge is 0.323 e. The monoisotopic (exact) mass is 318 g/mol. The van der Waals surface area contributed by atoms with Crippen LogP contribution in [0.25, 0.3) is 0 Å². The summed E-state index contributed by atoms with van der Waals surface area (Å²) in [6.45, 7) is 1.98. The van der Waals surface area contributed by atoms with Gasteiger partial charge in [-0.2, -0.15) is 0 Å². The van der Waals surface area contributed by atoms with Crippen molar-refractivity contribution in [3.05, 3.63) is 84.4 Å². The third kappa shape index (κ3) is 4.14. The third-order valence-corrected chi connectivity index (χ3v) is 3.38. The van der Waals surface area contributed by atoms with Crippen molar-refractivity contribution < 1.29 is 9.53 Å². The van der Waals surface area contributed by atoms with Gasteiger partial charge in [0.05, 0.1) is 5.69 Å². The minimum absolute atomic E-state index is 0.315. The van der Waals surface area contributed by atoms with Gasteiger partial charge in [0, 0.05) is 5.69 Å². The molecular formula is C20H18N2O2. The van der Waals surface area contributed by atoms with Gasteiger partial charge in [-0.15, -0.1) is 0 Å². The average Bonchev–Trinajstić information content (AvgIpc) is 2.57. The Morgan fingerprint density at radius 3 is 2.38 bits per heavy atom. The summed E-state index contributed by atoms with van der Waals surface area (Å²) < 4.78 is 5.84. The zero-order chi connectivity index (χ0) is 16.8. The van der Waals surface area contributed by atoms with Gasteiger partial charge in [0.15, 0.2) is 5.75 Å². The van der Waals surface area contributed by atoms with E-state index in [0.29, 0.717) is 17.2 Å². The SMILES string of the molecule is Cc1cccc(NC(=O)Nc2ccccc2Oc2ccccc2)c1. The summed E-state index contributed by atoms with van der Waals surface area (Å²) in [5.41, 5.74) is 2.43. The summed E-state index contributed by atoms with van der Waals surface area (Å²) in [7, 11) is 0. The first-order chi connectivity index (χ1) is 11.7. The molecule has 0 atom stereocenters. The molecule has 0 spiro atoms. The number of aryl methyl sites for hydroxylation is 1. The predicted octanol–water partition coefficient (Wildman–Crippen LogP) is 5.43. The van der Waals surface area contributed by atoms with Crippen molar-refractivity contribution in [1.82, 2.24) is 0 Å². The molecule has 24 heavy (non-hydrogen) atoms. The number of carbonyl (C=O) groups excluding carboxylic acids is 1. The van der Waals surface area contributed by atoms with E-state index in [1.807, 2.05) is 79.7 Å². The number of amides is 2. The van der Waals surface area contributed by atoms with E-state index in [9.17, 15) is 4.79 Å². The standard InChI is InChI=1S/C20H18N2O2/c1-15-8-7-9-16(14-15)21-20(23)22-18-12-5-6-13-19(18)24-17-10-3-2-4-11-17/h2-14H,1H3,(H2,21,22,23). The second-order valence-electron chi connectivity index (χ2n) is 5.36. The fraction of sp³-hybridized carbons (Fsp3) is 0.0500. The summed E-state index contributed by atoms with van der Waals surface area (Å²) in [6, 6.07) is 24.1. The summed E-state index contributed by atoms with van der Waals surface area (Å²) in [5, 5.41) is 5.64. The summed E-state index contributed by atoms with van der Waals surface area (Å²) in [5.74, 6) is 1.30. The lowest BCUT2D eigenvalue weighted by atomic mass is 10.2. The summed E-state index contributed by atoms with van der Waals surface area (Å²) in [6.07, 6.45) is 0. The van der Waals surface area contributed by atoms with Crippen LogP contribution in [-0.4, -0.2) is 6.03 Å². The molecule has 120 valence electrons. The predicted molar refractivity (Wildman–Crippen MR) is 96.8 cm³/mol. The lowest BCUT2D eigenvalue weighted by molar-refractivity contribution is 0.262. The van der Waals surface area contributed by atoms with Crippen molar-refractivity contribution in [3.63, 3.8) is 0 Å². The first kappa shape index (κ1) is 15.6. The van der Waals surface area contributed by atoms with E-state index >= 15 is 0 Å². The van der Waals surface area contributed by atoms with E-state index in [1.54, 1.807) is 6.07 Å². The molecule has 0 saturated carbocycles. The van der Waals surface area contributed by atoms with Gasteiger partial charge in [0.2, 0.25) is 0 Å². The maximum Gasteiger partial charge on any atom is 0.323 e. The molecule has 4 heteroatoms. The molecule has 2 amide bonds. The number of hydrogen-bond donors (Lipinski definition) is 2. The Morgan fingerprint density at radius 2 is 1.58 bits per heavy atom. The maximum atomic E-state index is 12.2. The zero-order valence-corrected chi connectivity index (χ0v) is 13.3. The summed E-state index contributed by atoms with van der Waals surface area (Å²) >= 11 is 0. The highest BCUT2D eigenvalue weighted by Gasteiger charge is 2.08. The Morgan fingerprint density at radius 1 is 0.833 bits per heavy atom. The Bertz CT molecular complexity index is 832. The molecule has 0 aromatic heterocycles. The molecule has 0 fully saturated rings. The Balaban J connectivity index is 1.72. The van der Waals surface area contributed by atoms with Crippen LogP contribution < -0.4 is 15.4 Å². The van der Waals surface area contributed by atoms with Crippen molar-refractivity contribution in [3.8, 4) is 11.5 Å². The number of rotatable bonds is 4. The molecule has 3 rings (SSSR count). The van der Waals surface area contributed by atoms with Gasteiger partial charge >= 0.3 is 6.03 Å². The molecule has 0 saturated heterocycles. The fourth-order valence-corrected chi connectivity index (χ4v) is 2.28. The van der Waals surface area contributed by atoms with Gasteiger partial charge in [-0.3, -0.25) is 0 Å². The topological polar surface area (TPSA) is 50.4 Å². The van der Waals surface area contributed by atoms with Gasteiger partial charge in [0.25, 0.3) is 0 Å². The number of ether oxygens (including phenoxy) is 1. The molecule has 0 heterocycles. The molecule has 0 bridgehead atoms. The largest absolute Gasteiger partial charge is 0.455 e. The molecule has 0 aliphatic carbocycles.